The summed E-state index contributed by atoms with van der Waals surface area (Å²) < 4.78 is 7.44. The number of methoxy groups -OCH3 is 1. The largest absolute Gasteiger partial charge is 0.496 e. The monoisotopic (exact) mass is 473 g/mol. The molecule has 174 valence electrons. The lowest BCUT2D eigenvalue weighted by Gasteiger charge is -2.44. The third-order valence-corrected chi connectivity index (χ3v) is 7.57. The fraction of sp³-hybridized carbons (Fsp3) is 0.259. The summed E-state index contributed by atoms with van der Waals surface area (Å²) >= 11 is 1.59. The molecule has 0 saturated heterocycles. The highest BCUT2D eigenvalue weighted by atomic mass is 32.1. The first-order chi connectivity index (χ1) is 16.5. The summed E-state index contributed by atoms with van der Waals surface area (Å²) in [6.07, 6.45) is 0.759. The number of rotatable bonds is 6. The number of amides is 2. The fourth-order valence-corrected chi connectivity index (χ4v) is 5.71. The van der Waals surface area contributed by atoms with Crippen LogP contribution in [0.25, 0.3) is 10.2 Å². The maximum atomic E-state index is 14.0. The number of carbonyl (C=O) groups is 2. The zero-order valence-electron chi connectivity index (χ0n) is 19.5. The molecule has 6 nitrogen and oxygen atoms in total. The Morgan fingerprint density at radius 2 is 1.85 bits per heavy atom. The van der Waals surface area contributed by atoms with E-state index in [0.717, 1.165) is 33.5 Å². The van der Waals surface area contributed by atoms with Gasteiger partial charge in [0.25, 0.3) is 5.91 Å². The molecule has 2 aromatic heterocycles. The molecule has 1 N–H and O–H groups in total. The average Bonchev–Trinajstić information content (AvgIpc) is 3.45. The van der Waals surface area contributed by atoms with Gasteiger partial charge in [0.2, 0.25) is 5.91 Å². The van der Waals surface area contributed by atoms with Crippen molar-refractivity contribution in [2.75, 3.05) is 12.0 Å². The molecule has 0 bridgehead atoms. The van der Waals surface area contributed by atoms with E-state index in [9.17, 15) is 9.59 Å². The number of nitrogens with one attached hydrogen (secondary N) is 1. The van der Waals surface area contributed by atoms with Gasteiger partial charge in [0.15, 0.2) is 0 Å². The van der Waals surface area contributed by atoms with E-state index in [4.69, 9.17) is 4.74 Å². The van der Waals surface area contributed by atoms with E-state index in [0.29, 0.717) is 24.5 Å². The average molecular weight is 474 g/mol. The van der Waals surface area contributed by atoms with Crippen LogP contribution in [0.1, 0.15) is 35.5 Å². The smallest absolute Gasteiger partial charge is 0.275 e. The van der Waals surface area contributed by atoms with Gasteiger partial charge in [0.05, 0.1) is 13.7 Å². The first-order valence-corrected chi connectivity index (χ1v) is 12.2. The molecule has 3 heterocycles. The van der Waals surface area contributed by atoms with Crippen molar-refractivity contribution in [3.63, 3.8) is 0 Å². The molecule has 4 aromatic rings. The lowest BCUT2D eigenvalue weighted by Crippen LogP contribution is -2.64. The number of benzene rings is 2. The maximum Gasteiger partial charge on any atom is 0.275 e. The Morgan fingerprint density at radius 3 is 2.62 bits per heavy atom. The minimum absolute atomic E-state index is 0.162. The van der Waals surface area contributed by atoms with Gasteiger partial charge in [-0.2, -0.15) is 0 Å². The van der Waals surface area contributed by atoms with Gasteiger partial charge < -0.3 is 14.6 Å². The molecule has 0 aliphatic carbocycles. The molecule has 0 spiro atoms. The molecule has 0 unspecified atom stereocenters. The molecule has 5 rings (SSSR count). The lowest BCUT2D eigenvalue weighted by molar-refractivity contribution is -0.126. The van der Waals surface area contributed by atoms with Crippen LogP contribution in [-0.2, 0) is 24.3 Å². The van der Waals surface area contributed by atoms with Gasteiger partial charge in [-0.25, -0.2) is 0 Å². The fourth-order valence-electron chi connectivity index (χ4n) is 4.82. The van der Waals surface area contributed by atoms with Crippen LogP contribution >= 0.6 is 11.3 Å². The van der Waals surface area contributed by atoms with Crippen molar-refractivity contribution in [1.29, 1.82) is 0 Å². The van der Waals surface area contributed by atoms with Gasteiger partial charge in [0, 0.05) is 23.2 Å². The number of aryl methyl sites for hydroxylation is 1. The molecular formula is C27H27N3O3S. The topological polar surface area (TPSA) is 63.6 Å². The van der Waals surface area contributed by atoms with Crippen molar-refractivity contribution >= 4 is 39.1 Å². The molecule has 7 heteroatoms. The Kier molecular flexibility index (Phi) is 5.65. The number of hydrogen-bond donors (Lipinski definition) is 1. The summed E-state index contributed by atoms with van der Waals surface area (Å²) in [7, 11) is 1.62. The molecule has 34 heavy (non-hydrogen) atoms. The summed E-state index contributed by atoms with van der Waals surface area (Å²) in [5.74, 6) is 0.348. The summed E-state index contributed by atoms with van der Waals surface area (Å²) in [6, 6.07) is 19.4. The Bertz CT molecular complexity index is 1390. The number of nitrogens with zero attached hydrogens (tertiary/aromatic N) is 2. The molecule has 0 fully saturated rings. The molecule has 0 saturated carbocycles. The highest BCUT2D eigenvalue weighted by molar-refractivity contribution is 7.16. The number of anilines is 1. The minimum atomic E-state index is -1.12. The lowest BCUT2D eigenvalue weighted by atomic mass is 9.92. The van der Waals surface area contributed by atoms with Gasteiger partial charge in [0.1, 0.15) is 21.8 Å². The van der Waals surface area contributed by atoms with E-state index in [2.05, 4.69) is 12.2 Å². The third-order valence-electron chi connectivity index (χ3n) is 6.62. The summed E-state index contributed by atoms with van der Waals surface area (Å²) in [6.45, 7) is 4.60. The normalized spacial score (nSPS) is 17.6. The first kappa shape index (κ1) is 22.2. The van der Waals surface area contributed by atoms with E-state index in [1.54, 1.807) is 23.3 Å². The van der Waals surface area contributed by atoms with Crippen molar-refractivity contribution in [3.05, 3.63) is 82.9 Å². The van der Waals surface area contributed by atoms with E-state index < -0.39 is 5.54 Å². The summed E-state index contributed by atoms with van der Waals surface area (Å²) in [5.41, 5.74) is 2.18. The number of thiophene rings is 1. The predicted octanol–water partition coefficient (Wildman–Crippen LogP) is 5.01. The molecule has 2 aromatic carbocycles. The van der Waals surface area contributed by atoms with Crippen LogP contribution in [-0.4, -0.2) is 29.0 Å². The Labute approximate surface area is 202 Å². The van der Waals surface area contributed by atoms with E-state index >= 15 is 0 Å². The molecule has 1 atom stereocenters. The molecule has 0 radical (unpaired) electrons. The highest BCUT2D eigenvalue weighted by Gasteiger charge is 2.49. The van der Waals surface area contributed by atoms with Crippen molar-refractivity contribution in [2.45, 2.75) is 38.9 Å². The van der Waals surface area contributed by atoms with Gasteiger partial charge in [-0.1, -0.05) is 43.3 Å². The molecular weight excluding hydrogens is 446 g/mol. The Balaban J connectivity index is 1.58. The van der Waals surface area contributed by atoms with Gasteiger partial charge >= 0.3 is 0 Å². The van der Waals surface area contributed by atoms with E-state index in [1.165, 1.54) is 0 Å². The van der Waals surface area contributed by atoms with Crippen LogP contribution in [0, 0.1) is 0 Å². The summed E-state index contributed by atoms with van der Waals surface area (Å²) in [4.78, 5) is 30.5. The molecule has 2 amide bonds. The summed E-state index contributed by atoms with van der Waals surface area (Å²) in [5, 5.41) is 6.12. The quantitative estimate of drug-likeness (QED) is 0.428. The standard InChI is InChI=1S/C27H27N3O3S/c1-4-18-9-5-7-11-21(18)30-24(31)22-15-19-13-14-34-25(19)29(22)17-27(30,2)26(32)28-16-20-10-6-8-12-23(20)33-3/h5-15H,4,16-17H2,1-3H3,(H,28,32)/t27-/m0/s1. The van der Waals surface area contributed by atoms with Crippen LogP contribution in [0.2, 0.25) is 0 Å². The van der Waals surface area contributed by atoms with Gasteiger partial charge in [-0.15, -0.1) is 11.3 Å². The highest BCUT2D eigenvalue weighted by Crippen LogP contribution is 2.38. The Hall–Kier alpha value is -3.58. The number of carbonyl (C=O) groups excluding carboxylic acids is 2. The van der Waals surface area contributed by atoms with Crippen LogP contribution in [0.15, 0.2) is 66.0 Å². The Morgan fingerprint density at radius 1 is 1.12 bits per heavy atom. The second-order valence-corrected chi connectivity index (χ2v) is 9.58. The van der Waals surface area contributed by atoms with Crippen LogP contribution < -0.4 is 15.0 Å². The number of hydrogen-bond acceptors (Lipinski definition) is 4. The van der Waals surface area contributed by atoms with E-state index in [-0.39, 0.29) is 11.8 Å². The SMILES string of the molecule is CCc1ccccc1N1C(=O)c2cc3ccsc3n2C[C@@]1(C)C(=O)NCc1ccccc1OC. The zero-order valence-corrected chi connectivity index (χ0v) is 20.3. The first-order valence-electron chi connectivity index (χ1n) is 11.4. The zero-order chi connectivity index (χ0) is 23.9. The predicted molar refractivity (Wildman–Crippen MR) is 136 cm³/mol. The molecule has 1 aliphatic rings. The number of ether oxygens (including phenoxy) is 1. The second-order valence-electron chi connectivity index (χ2n) is 8.69. The number of aromatic nitrogens is 1. The van der Waals surface area contributed by atoms with Crippen molar-refractivity contribution in [3.8, 4) is 5.75 Å². The number of fused-ring (bicyclic) bond motifs is 3. The molecule has 1 aliphatic heterocycles. The van der Waals surface area contributed by atoms with Crippen molar-refractivity contribution in [1.82, 2.24) is 9.88 Å². The van der Waals surface area contributed by atoms with Crippen molar-refractivity contribution < 1.29 is 14.3 Å². The van der Waals surface area contributed by atoms with Crippen molar-refractivity contribution in [2.24, 2.45) is 0 Å². The van der Waals surface area contributed by atoms with E-state index in [1.807, 2.05) is 77.5 Å². The third kappa shape index (κ3) is 3.47. The maximum absolute atomic E-state index is 14.0. The number of para-hydroxylation sites is 2. The van der Waals surface area contributed by atoms with Crippen LogP contribution in [0.4, 0.5) is 5.69 Å². The van der Waals surface area contributed by atoms with Crippen LogP contribution in [0.3, 0.4) is 0 Å². The van der Waals surface area contributed by atoms with Gasteiger partial charge in [-0.05, 0) is 48.6 Å². The second kappa shape index (κ2) is 8.65. The van der Waals surface area contributed by atoms with Gasteiger partial charge in [-0.3, -0.25) is 14.5 Å². The van der Waals surface area contributed by atoms with Crippen LogP contribution in [0.5, 0.6) is 5.75 Å². The minimum Gasteiger partial charge on any atom is -0.496 e.